The molecule has 1 aliphatic rings. The van der Waals surface area contributed by atoms with Crippen LogP contribution in [0.1, 0.15) is 13.3 Å². The van der Waals surface area contributed by atoms with Crippen molar-refractivity contribution >= 4 is 11.9 Å². The van der Waals surface area contributed by atoms with Gasteiger partial charge in [0, 0.05) is 6.08 Å². The summed E-state index contributed by atoms with van der Waals surface area (Å²) in [6, 6.07) is 2.25. The average Bonchev–Trinajstić information content (AvgIpc) is 2.76. The number of hydrogen-bond donors (Lipinski definition) is 1. The van der Waals surface area contributed by atoms with Gasteiger partial charge in [0.25, 0.3) is 5.91 Å². The van der Waals surface area contributed by atoms with Gasteiger partial charge in [-0.25, -0.2) is 13.6 Å². The van der Waals surface area contributed by atoms with Crippen molar-refractivity contribution in [3.63, 3.8) is 0 Å². The third-order valence-corrected chi connectivity index (χ3v) is 3.09. The number of carboxylic acids is 1. The molecule has 0 aromatic heterocycles. The predicted molar refractivity (Wildman–Crippen MR) is 68.5 cm³/mol. The van der Waals surface area contributed by atoms with Crippen LogP contribution >= 0.6 is 0 Å². The lowest BCUT2D eigenvalue weighted by atomic mass is 10.2. The lowest BCUT2D eigenvalue weighted by Crippen LogP contribution is -2.42. The number of rotatable bonds is 5. The summed E-state index contributed by atoms with van der Waals surface area (Å²) in [5, 5.41) is 9.04. The van der Waals surface area contributed by atoms with Crippen LogP contribution < -0.4 is 4.74 Å². The number of para-hydroxylation sites is 1. The molecule has 0 saturated carbocycles. The summed E-state index contributed by atoms with van der Waals surface area (Å²) >= 11 is 0. The van der Waals surface area contributed by atoms with E-state index < -0.39 is 35.3 Å². The molecule has 1 aromatic rings. The Balaban J connectivity index is 2.16. The second-order valence-corrected chi connectivity index (χ2v) is 4.49. The molecule has 2 rings (SSSR count). The maximum atomic E-state index is 13.5. The van der Waals surface area contributed by atoms with Gasteiger partial charge in [0.05, 0.1) is 6.54 Å². The monoisotopic (exact) mass is 297 g/mol. The number of carbonyl (C=O) groups is 2. The molecule has 1 N–H and O–H groups in total. The van der Waals surface area contributed by atoms with Crippen molar-refractivity contribution in [2.75, 3.05) is 6.54 Å². The molecule has 7 heteroatoms. The van der Waals surface area contributed by atoms with E-state index in [1.807, 2.05) is 0 Å². The van der Waals surface area contributed by atoms with Gasteiger partial charge in [-0.05, 0) is 18.6 Å². The van der Waals surface area contributed by atoms with E-state index in [2.05, 4.69) is 0 Å². The van der Waals surface area contributed by atoms with Crippen molar-refractivity contribution in [3.05, 3.63) is 41.7 Å². The predicted octanol–water partition coefficient (Wildman–Crippen LogP) is 1.93. The molecular weight excluding hydrogens is 284 g/mol. The van der Waals surface area contributed by atoms with Crippen molar-refractivity contribution in [2.24, 2.45) is 0 Å². The molecule has 0 unspecified atom stereocenters. The van der Waals surface area contributed by atoms with Crippen molar-refractivity contribution in [3.8, 4) is 5.75 Å². The number of carboxylic acid groups (broad SMARTS) is 1. The fourth-order valence-corrected chi connectivity index (χ4v) is 2.08. The van der Waals surface area contributed by atoms with Gasteiger partial charge in [0.1, 0.15) is 11.8 Å². The third kappa shape index (κ3) is 3.01. The van der Waals surface area contributed by atoms with Gasteiger partial charge in [-0.3, -0.25) is 4.79 Å². The summed E-state index contributed by atoms with van der Waals surface area (Å²) in [7, 11) is 0. The minimum absolute atomic E-state index is 0.00343. The van der Waals surface area contributed by atoms with Crippen molar-refractivity contribution < 1.29 is 28.2 Å². The number of nitrogens with zero attached hydrogens (tertiary/aromatic N) is 1. The minimum atomic E-state index is -1.14. The SMILES string of the molecule is CC[C@@H](C(=O)O)N1CC(Oc2c(F)cccc2F)=CC1=O. The minimum Gasteiger partial charge on any atom is -0.480 e. The molecule has 1 heterocycles. The standard InChI is InChI=1S/C14H13F2NO4/c1-2-11(14(19)20)17-7-8(6-12(17)18)21-13-9(15)4-3-5-10(13)16/h3-6,11H,2,7H2,1H3,(H,19,20)/t11-/m0/s1. The fraction of sp³-hybridized carbons (Fsp3) is 0.286. The molecule has 0 aliphatic carbocycles. The Morgan fingerprint density at radius 3 is 2.57 bits per heavy atom. The van der Waals surface area contributed by atoms with Crippen LogP contribution in [0.25, 0.3) is 0 Å². The average molecular weight is 297 g/mol. The van der Waals surface area contributed by atoms with Crippen LogP contribution in [0.2, 0.25) is 0 Å². The van der Waals surface area contributed by atoms with E-state index in [0.29, 0.717) is 0 Å². The Morgan fingerprint density at radius 2 is 2.05 bits per heavy atom. The number of carbonyl (C=O) groups excluding carboxylic acids is 1. The zero-order valence-electron chi connectivity index (χ0n) is 11.2. The highest BCUT2D eigenvalue weighted by molar-refractivity contribution is 5.94. The molecule has 0 fully saturated rings. The van der Waals surface area contributed by atoms with Crippen LogP contribution in [-0.4, -0.2) is 34.5 Å². The van der Waals surface area contributed by atoms with Crippen LogP contribution in [0.3, 0.4) is 0 Å². The first kappa shape index (κ1) is 15.0. The highest BCUT2D eigenvalue weighted by atomic mass is 19.1. The van der Waals surface area contributed by atoms with E-state index in [4.69, 9.17) is 9.84 Å². The summed E-state index contributed by atoms with van der Waals surface area (Å²) in [6.07, 6.45) is 1.26. The topological polar surface area (TPSA) is 66.8 Å². The molecule has 21 heavy (non-hydrogen) atoms. The molecule has 0 spiro atoms. The van der Waals surface area contributed by atoms with E-state index in [9.17, 15) is 18.4 Å². The number of amides is 1. The van der Waals surface area contributed by atoms with Crippen LogP contribution in [-0.2, 0) is 9.59 Å². The Hall–Kier alpha value is -2.44. The van der Waals surface area contributed by atoms with E-state index in [-0.39, 0.29) is 18.7 Å². The van der Waals surface area contributed by atoms with Gasteiger partial charge in [-0.2, -0.15) is 0 Å². The third-order valence-electron chi connectivity index (χ3n) is 3.09. The Morgan fingerprint density at radius 1 is 1.43 bits per heavy atom. The highest BCUT2D eigenvalue weighted by Gasteiger charge is 2.33. The van der Waals surface area contributed by atoms with Crippen molar-refractivity contribution in [2.45, 2.75) is 19.4 Å². The van der Waals surface area contributed by atoms with E-state index in [1.165, 1.54) is 6.07 Å². The zero-order chi connectivity index (χ0) is 15.6. The summed E-state index contributed by atoms with van der Waals surface area (Å²) in [5.74, 6) is -4.10. The number of ether oxygens (including phenoxy) is 1. The Bertz CT molecular complexity index is 595. The second-order valence-electron chi connectivity index (χ2n) is 4.49. The van der Waals surface area contributed by atoms with Gasteiger partial charge in [-0.1, -0.05) is 13.0 Å². The maximum absolute atomic E-state index is 13.5. The van der Waals surface area contributed by atoms with E-state index >= 15 is 0 Å². The van der Waals surface area contributed by atoms with Gasteiger partial charge in [0.2, 0.25) is 0 Å². The molecule has 5 nitrogen and oxygen atoms in total. The van der Waals surface area contributed by atoms with Crippen LogP contribution in [0.5, 0.6) is 5.75 Å². The zero-order valence-corrected chi connectivity index (χ0v) is 11.2. The Labute approximate surface area is 119 Å². The van der Waals surface area contributed by atoms with Crippen LogP contribution in [0.4, 0.5) is 8.78 Å². The van der Waals surface area contributed by atoms with Gasteiger partial charge in [-0.15, -0.1) is 0 Å². The summed E-state index contributed by atoms with van der Waals surface area (Å²) in [5.41, 5.74) is 0. The molecule has 1 aromatic carbocycles. The second kappa shape index (κ2) is 5.90. The maximum Gasteiger partial charge on any atom is 0.326 e. The molecule has 1 amide bonds. The summed E-state index contributed by atoms with van der Waals surface area (Å²) in [6.45, 7) is 1.48. The molecule has 0 radical (unpaired) electrons. The quantitative estimate of drug-likeness (QED) is 0.902. The summed E-state index contributed by atoms with van der Waals surface area (Å²) in [4.78, 5) is 23.9. The molecule has 0 bridgehead atoms. The fourth-order valence-electron chi connectivity index (χ4n) is 2.08. The van der Waals surface area contributed by atoms with Crippen LogP contribution in [0, 0.1) is 11.6 Å². The highest BCUT2D eigenvalue weighted by Crippen LogP contribution is 2.26. The lowest BCUT2D eigenvalue weighted by molar-refractivity contribution is -0.147. The van der Waals surface area contributed by atoms with Crippen molar-refractivity contribution in [1.82, 2.24) is 4.90 Å². The normalized spacial score (nSPS) is 15.9. The molecule has 0 saturated heterocycles. The molecule has 112 valence electrons. The van der Waals surface area contributed by atoms with E-state index in [1.54, 1.807) is 6.92 Å². The molecule has 1 aliphatic heterocycles. The molecule has 1 atom stereocenters. The smallest absolute Gasteiger partial charge is 0.326 e. The van der Waals surface area contributed by atoms with Gasteiger partial charge < -0.3 is 14.7 Å². The first-order valence-electron chi connectivity index (χ1n) is 6.30. The van der Waals surface area contributed by atoms with E-state index in [0.717, 1.165) is 23.1 Å². The number of hydrogen-bond acceptors (Lipinski definition) is 3. The number of benzene rings is 1. The first-order valence-corrected chi connectivity index (χ1v) is 6.30. The number of aliphatic carboxylic acids is 1. The Kier molecular flexibility index (Phi) is 4.21. The summed E-state index contributed by atoms with van der Waals surface area (Å²) < 4.78 is 32.0. The van der Waals surface area contributed by atoms with Crippen LogP contribution in [0.15, 0.2) is 30.0 Å². The van der Waals surface area contributed by atoms with Gasteiger partial charge in [0.15, 0.2) is 17.4 Å². The largest absolute Gasteiger partial charge is 0.480 e. The van der Waals surface area contributed by atoms with Crippen molar-refractivity contribution in [1.29, 1.82) is 0 Å². The molecular formula is C14H13F2NO4. The van der Waals surface area contributed by atoms with Gasteiger partial charge >= 0.3 is 5.97 Å². The first-order chi connectivity index (χ1) is 9.93. The number of halogens is 2. The lowest BCUT2D eigenvalue weighted by Gasteiger charge is -2.23.